The first-order valence-electron chi connectivity index (χ1n) is 14.7. The summed E-state index contributed by atoms with van der Waals surface area (Å²) in [6.45, 7) is 2.79. The van der Waals surface area contributed by atoms with Gasteiger partial charge in [-0.3, -0.25) is 18.9 Å². The highest BCUT2D eigenvalue weighted by Crippen LogP contribution is 2.32. The molecule has 0 aliphatic carbocycles. The quantitative estimate of drug-likeness (QED) is 0.299. The van der Waals surface area contributed by atoms with Gasteiger partial charge >= 0.3 is 5.69 Å². The predicted octanol–water partition coefficient (Wildman–Crippen LogP) is 5.42. The molecule has 0 saturated carbocycles. The minimum absolute atomic E-state index is 0.123. The first-order valence-corrected chi connectivity index (χ1v) is 14.7. The molecule has 0 unspecified atom stereocenters. The number of aliphatic hydroxyl groups is 1. The topological polar surface area (TPSA) is 85.3 Å². The van der Waals surface area contributed by atoms with Gasteiger partial charge in [0.05, 0.1) is 28.4 Å². The average Bonchev–Trinajstić information content (AvgIpc) is 3.64. The molecule has 1 saturated heterocycles. The molecular formula is C35H33N5O3. The minimum Gasteiger partial charge on any atom is -0.384 e. The maximum absolute atomic E-state index is 13.6. The second-order valence-corrected chi connectivity index (χ2v) is 11.4. The number of fused-ring (bicyclic) bond motifs is 3. The number of likely N-dealkylation sites (tertiary alicyclic amines) is 1. The number of hydrogen-bond donors (Lipinski definition) is 1. The first kappa shape index (κ1) is 26.9. The maximum Gasteiger partial charge on any atom is 0.333 e. The van der Waals surface area contributed by atoms with E-state index in [2.05, 4.69) is 64.4 Å². The van der Waals surface area contributed by atoms with Gasteiger partial charge in [0.1, 0.15) is 6.10 Å². The summed E-state index contributed by atoms with van der Waals surface area (Å²) in [4.78, 5) is 32.2. The maximum atomic E-state index is 13.6. The van der Waals surface area contributed by atoms with Crippen molar-refractivity contribution in [1.82, 2.24) is 23.6 Å². The first-order chi connectivity index (χ1) is 20.9. The highest BCUT2D eigenvalue weighted by Gasteiger charge is 2.26. The van der Waals surface area contributed by atoms with Crippen molar-refractivity contribution in [1.29, 1.82) is 0 Å². The van der Waals surface area contributed by atoms with E-state index in [9.17, 15) is 14.7 Å². The number of rotatable bonds is 5. The lowest BCUT2D eigenvalue weighted by atomic mass is 9.89. The van der Waals surface area contributed by atoms with Gasteiger partial charge in [0.2, 0.25) is 0 Å². The summed E-state index contributed by atoms with van der Waals surface area (Å²) in [5.74, 6) is 0.120. The van der Waals surface area contributed by atoms with Gasteiger partial charge in [-0.1, -0.05) is 36.4 Å². The van der Waals surface area contributed by atoms with Crippen LogP contribution in [0.25, 0.3) is 44.4 Å². The Labute approximate surface area is 249 Å². The van der Waals surface area contributed by atoms with E-state index in [0.29, 0.717) is 19.0 Å². The van der Waals surface area contributed by atoms with Crippen LogP contribution in [-0.4, -0.2) is 53.8 Å². The second-order valence-electron chi connectivity index (χ2n) is 11.4. The number of imidazole rings is 1. The highest BCUT2D eigenvalue weighted by molar-refractivity contribution is 6.04. The van der Waals surface area contributed by atoms with Crippen molar-refractivity contribution in [2.24, 2.45) is 7.05 Å². The van der Waals surface area contributed by atoms with Crippen LogP contribution in [0.2, 0.25) is 0 Å². The summed E-state index contributed by atoms with van der Waals surface area (Å²) in [6, 6.07) is 26.8. The van der Waals surface area contributed by atoms with Crippen LogP contribution in [0.5, 0.6) is 0 Å². The Kier molecular flexibility index (Phi) is 6.70. The number of benzene rings is 3. The normalized spacial score (nSPS) is 14.9. The van der Waals surface area contributed by atoms with Crippen LogP contribution in [0.15, 0.2) is 102 Å². The zero-order valence-corrected chi connectivity index (χ0v) is 24.2. The van der Waals surface area contributed by atoms with Crippen LogP contribution in [0.3, 0.4) is 0 Å². The Hall–Kier alpha value is -4.95. The van der Waals surface area contributed by atoms with Crippen LogP contribution in [-0.2, 0) is 11.8 Å². The third-order valence-electron chi connectivity index (χ3n) is 8.75. The van der Waals surface area contributed by atoms with Crippen LogP contribution in [0, 0.1) is 0 Å². The molecule has 6 aromatic rings. The predicted molar refractivity (Wildman–Crippen MR) is 169 cm³/mol. The number of carbonyl (C=O) groups is 1. The van der Waals surface area contributed by atoms with Crippen molar-refractivity contribution in [3.05, 3.63) is 114 Å². The van der Waals surface area contributed by atoms with Gasteiger partial charge in [0.25, 0.3) is 5.91 Å². The molecule has 0 radical (unpaired) electrons. The molecule has 1 fully saturated rings. The lowest BCUT2D eigenvalue weighted by Gasteiger charge is -2.33. The Morgan fingerprint density at radius 1 is 0.930 bits per heavy atom. The van der Waals surface area contributed by atoms with Gasteiger partial charge in [-0.25, -0.2) is 4.79 Å². The lowest BCUT2D eigenvalue weighted by molar-refractivity contribution is -0.140. The number of para-hydroxylation sites is 1. The van der Waals surface area contributed by atoms with Crippen molar-refractivity contribution in [3.8, 4) is 22.5 Å². The van der Waals surface area contributed by atoms with E-state index in [1.165, 1.54) is 12.5 Å². The summed E-state index contributed by atoms with van der Waals surface area (Å²) < 4.78 is 5.54. The summed E-state index contributed by atoms with van der Waals surface area (Å²) in [7, 11) is 1.79. The Morgan fingerprint density at radius 3 is 2.40 bits per heavy atom. The van der Waals surface area contributed by atoms with Crippen molar-refractivity contribution in [3.63, 3.8) is 0 Å². The molecule has 3 aromatic carbocycles. The number of aryl methyl sites for hydroxylation is 1. The molecule has 1 N–H and O–H groups in total. The van der Waals surface area contributed by atoms with E-state index in [4.69, 9.17) is 0 Å². The van der Waals surface area contributed by atoms with E-state index < -0.39 is 6.10 Å². The van der Waals surface area contributed by atoms with E-state index in [1.54, 1.807) is 27.3 Å². The molecule has 0 spiro atoms. The molecular weight excluding hydrogens is 538 g/mol. The van der Waals surface area contributed by atoms with Gasteiger partial charge in [0, 0.05) is 43.6 Å². The van der Waals surface area contributed by atoms with Gasteiger partial charge in [-0.15, -0.1) is 0 Å². The molecule has 1 amide bonds. The number of aromatic nitrogens is 4. The van der Waals surface area contributed by atoms with E-state index in [-0.39, 0.29) is 11.6 Å². The molecule has 4 heterocycles. The fourth-order valence-corrected chi connectivity index (χ4v) is 6.34. The number of pyridine rings is 1. The standard InChI is InChI=1S/C35H33N5O3/c1-23(41)34(42)38-17-14-25(15-18-38)24-8-11-29(12-9-24)40-33-30-20-26(10-13-31(30)36-21-32(33)37(2)35(40)43)27-16-19-39(22-27)28-6-4-3-5-7-28/h3-13,16,19-23,25,41H,14-15,17-18H2,1-2H3/t23-/m0/s1. The monoisotopic (exact) mass is 571 g/mol. The summed E-state index contributed by atoms with van der Waals surface area (Å²) in [6.07, 6.45) is 6.67. The molecule has 43 heavy (non-hydrogen) atoms. The number of amides is 1. The van der Waals surface area contributed by atoms with Crippen LogP contribution < -0.4 is 5.69 Å². The van der Waals surface area contributed by atoms with Crippen LogP contribution >= 0.6 is 0 Å². The van der Waals surface area contributed by atoms with Crippen molar-refractivity contribution >= 4 is 27.8 Å². The number of aliphatic hydroxyl groups excluding tert-OH is 1. The van der Waals surface area contributed by atoms with Crippen molar-refractivity contribution in [2.45, 2.75) is 31.8 Å². The largest absolute Gasteiger partial charge is 0.384 e. The molecule has 0 bridgehead atoms. The van der Waals surface area contributed by atoms with E-state index in [1.807, 2.05) is 36.4 Å². The molecule has 1 atom stereocenters. The third-order valence-corrected chi connectivity index (χ3v) is 8.75. The molecule has 8 nitrogen and oxygen atoms in total. The summed E-state index contributed by atoms with van der Waals surface area (Å²) in [5, 5.41) is 10.6. The summed E-state index contributed by atoms with van der Waals surface area (Å²) >= 11 is 0. The van der Waals surface area contributed by atoms with Crippen molar-refractivity contribution < 1.29 is 9.90 Å². The summed E-state index contributed by atoms with van der Waals surface area (Å²) in [5.41, 5.74) is 7.53. The van der Waals surface area contributed by atoms with Gasteiger partial charge < -0.3 is 14.6 Å². The minimum atomic E-state index is -0.965. The Bertz CT molecular complexity index is 2010. The number of hydrogen-bond acceptors (Lipinski definition) is 4. The van der Waals surface area contributed by atoms with Crippen LogP contribution in [0.4, 0.5) is 0 Å². The highest BCUT2D eigenvalue weighted by atomic mass is 16.3. The Morgan fingerprint density at radius 2 is 1.67 bits per heavy atom. The average molecular weight is 572 g/mol. The third kappa shape index (κ3) is 4.73. The molecule has 8 heteroatoms. The number of piperidine rings is 1. The molecule has 3 aromatic heterocycles. The number of nitrogens with zero attached hydrogens (tertiary/aromatic N) is 5. The zero-order valence-electron chi connectivity index (χ0n) is 24.2. The van der Waals surface area contributed by atoms with Crippen LogP contribution in [0.1, 0.15) is 31.2 Å². The van der Waals surface area contributed by atoms with E-state index in [0.717, 1.165) is 57.3 Å². The molecule has 1 aliphatic rings. The SMILES string of the molecule is C[C@H](O)C(=O)N1CCC(c2ccc(-n3c(=O)n(C)c4cnc5ccc(-c6ccn(-c7ccccc7)c6)cc5c43)cc2)CC1. The van der Waals surface area contributed by atoms with Crippen molar-refractivity contribution in [2.75, 3.05) is 13.1 Å². The van der Waals surface area contributed by atoms with Gasteiger partial charge in [-0.2, -0.15) is 0 Å². The Balaban J connectivity index is 1.25. The van der Waals surface area contributed by atoms with Gasteiger partial charge in [0.15, 0.2) is 0 Å². The molecule has 1 aliphatic heterocycles. The van der Waals surface area contributed by atoms with Gasteiger partial charge in [-0.05, 0) is 84.8 Å². The fourth-order valence-electron chi connectivity index (χ4n) is 6.34. The number of carbonyl (C=O) groups excluding carboxylic acids is 1. The zero-order chi connectivity index (χ0) is 29.7. The fraction of sp³-hybridized carbons (Fsp3) is 0.229. The second kappa shape index (κ2) is 10.7. The smallest absolute Gasteiger partial charge is 0.333 e. The molecule has 7 rings (SSSR count). The molecule has 216 valence electrons. The lowest BCUT2D eigenvalue weighted by Crippen LogP contribution is -2.42. The van der Waals surface area contributed by atoms with E-state index >= 15 is 0 Å².